The number of hydrogen-bond donors (Lipinski definition) is 1. The van der Waals surface area contributed by atoms with Crippen LogP contribution in [0.3, 0.4) is 0 Å². The van der Waals surface area contributed by atoms with E-state index >= 15 is 0 Å². The number of ether oxygens (including phenoxy) is 1. The molecule has 3 aromatic carbocycles. The zero-order valence-electron chi connectivity index (χ0n) is 23.5. The van der Waals surface area contributed by atoms with E-state index in [9.17, 15) is 9.59 Å². The summed E-state index contributed by atoms with van der Waals surface area (Å²) in [6.07, 6.45) is 0.980. The van der Waals surface area contributed by atoms with Crippen LogP contribution in [-0.2, 0) is 9.53 Å². The number of hydrogen-bond acceptors (Lipinski definition) is 6. The fraction of sp³-hybridized carbons (Fsp3) is 0.212. The third-order valence-corrected chi connectivity index (χ3v) is 8.00. The maximum Gasteiger partial charge on any atom is 0.248 e. The lowest BCUT2D eigenvalue weighted by molar-refractivity contribution is -0.138. The average molecular weight is 584 g/mol. The van der Waals surface area contributed by atoms with Crippen LogP contribution < -0.4 is 5.73 Å². The first-order chi connectivity index (χ1) is 19.4. The summed E-state index contributed by atoms with van der Waals surface area (Å²) >= 11 is 7.79. The minimum absolute atomic E-state index is 0.0701. The molecule has 0 aliphatic heterocycles. The highest BCUT2D eigenvalue weighted by molar-refractivity contribution is 7.22. The molecule has 41 heavy (non-hydrogen) atoms. The zero-order chi connectivity index (χ0) is 29.5. The predicted octanol–water partition coefficient (Wildman–Crippen LogP) is 8.20. The maximum atomic E-state index is 13.0. The number of thiazole rings is 1. The summed E-state index contributed by atoms with van der Waals surface area (Å²) in [6.45, 7) is 9.40. The number of carbonyl (C=O) groups excluding carboxylic acids is 2. The minimum atomic E-state index is -0.749. The summed E-state index contributed by atoms with van der Waals surface area (Å²) in [7, 11) is 0. The molecule has 5 rings (SSSR count). The Bertz CT molecular complexity index is 1790. The number of aryl methyl sites for hydroxylation is 1. The van der Waals surface area contributed by atoms with Crippen molar-refractivity contribution in [3.8, 4) is 33.0 Å². The first kappa shape index (κ1) is 28.6. The van der Waals surface area contributed by atoms with Gasteiger partial charge in [0.2, 0.25) is 5.91 Å². The van der Waals surface area contributed by atoms with Gasteiger partial charge in [-0.3, -0.25) is 14.6 Å². The molecular formula is C33H30ClN3O3S. The summed E-state index contributed by atoms with van der Waals surface area (Å²) in [4.78, 5) is 34.3. The van der Waals surface area contributed by atoms with Crippen molar-refractivity contribution in [2.45, 2.75) is 46.3 Å². The molecule has 8 heteroatoms. The predicted molar refractivity (Wildman–Crippen MR) is 166 cm³/mol. The lowest BCUT2D eigenvalue weighted by atomic mass is 9.90. The minimum Gasteiger partial charge on any atom is -0.366 e. The van der Waals surface area contributed by atoms with Crippen LogP contribution in [0.25, 0.3) is 43.2 Å². The Morgan fingerprint density at radius 1 is 0.976 bits per heavy atom. The Morgan fingerprint density at radius 2 is 1.71 bits per heavy atom. The summed E-state index contributed by atoms with van der Waals surface area (Å²) in [5, 5.41) is 1.43. The molecule has 0 saturated carbocycles. The Morgan fingerprint density at radius 3 is 2.37 bits per heavy atom. The summed E-state index contributed by atoms with van der Waals surface area (Å²) < 4.78 is 7.30. The molecule has 6 nitrogen and oxygen atoms in total. The van der Waals surface area contributed by atoms with Gasteiger partial charge in [0.1, 0.15) is 11.1 Å². The Balaban J connectivity index is 1.71. The topological polar surface area (TPSA) is 95.2 Å². The Kier molecular flexibility index (Phi) is 7.79. The van der Waals surface area contributed by atoms with E-state index in [1.165, 1.54) is 0 Å². The van der Waals surface area contributed by atoms with Crippen molar-refractivity contribution < 1.29 is 14.3 Å². The van der Waals surface area contributed by atoms with Crippen LogP contribution in [0.2, 0.25) is 5.02 Å². The van der Waals surface area contributed by atoms with Gasteiger partial charge >= 0.3 is 0 Å². The first-order valence-corrected chi connectivity index (χ1v) is 14.4. The molecular weight excluding hydrogens is 554 g/mol. The fourth-order valence-electron chi connectivity index (χ4n) is 4.83. The van der Waals surface area contributed by atoms with E-state index in [-0.39, 0.29) is 5.78 Å². The number of rotatable bonds is 7. The molecule has 2 heterocycles. The molecule has 1 amide bonds. The highest BCUT2D eigenvalue weighted by atomic mass is 35.5. The number of fused-ring (bicyclic) bond motifs is 1. The van der Waals surface area contributed by atoms with E-state index in [2.05, 4.69) is 4.98 Å². The molecule has 0 radical (unpaired) electrons. The van der Waals surface area contributed by atoms with Crippen molar-refractivity contribution in [2.75, 3.05) is 0 Å². The van der Waals surface area contributed by atoms with Gasteiger partial charge in [0.25, 0.3) is 0 Å². The van der Waals surface area contributed by atoms with Crippen molar-refractivity contribution >= 4 is 44.8 Å². The van der Waals surface area contributed by atoms with Gasteiger partial charge in [-0.05, 0) is 88.2 Å². The van der Waals surface area contributed by atoms with E-state index < -0.39 is 17.6 Å². The standard InChI is InChI=1S/C33H30ClN3O3S/c1-18-15-26-30(28(20-9-11-24(34)12-10-20)27(18)29(19(2)38)40-33(3,4)5)41-32(37-26)23-13-14-36-25(17-23)21-7-6-8-22(16-21)31(35)39/h6-17,29H,1-5H3,(H2,35,39)/t29-/m1/s1. The van der Waals surface area contributed by atoms with Gasteiger partial charge in [-0.25, -0.2) is 4.98 Å². The van der Waals surface area contributed by atoms with Crippen molar-refractivity contribution in [2.24, 2.45) is 5.73 Å². The monoisotopic (exact) mass is 583 g/mol. The fourth-order valence-corrected chi connectivity index (χ4v) is 6.07. The van der Waals surface area contributed by atoms with E-state index in [0.717, 1.165) is 48.6 Å². The first-order valence-electron chi connectivity index (χ1n) is 13.2. The molecule has 0 unspecified atom stereocenters. The van der Waals surface area contributed by atoms with Gasteiger partial charge in [-0.2, -0.15) is 0 Å². The number of carbonyl (C=O) groups is 2. The van der Waals surface area contributed by atoms with E-state index in [0.29, 0.717) is 16.3 Å². The number of nitrogens with two attached hydrogens (primary N) is 1. The zero-order valence-corrected chi connectivity index (χ0v) is 25.1. The highest BCUT2D eigenvalue weighted by Crippen LogP contribution is 2.44. The van der Waals surface area contributed by atoms with E-state index in [1.54, 1.807) is 42.7 Å². The van der Waals surface area contributed by atoms with E-state index in [4.69, 9.17) is 27.1 Å². The largest absolute Gasteiger partial charge is 0.366 e. The third-order valence-electron chi connectivity index (χ3n) is 6.61. The molecule has 0 saturated heterocycles. The van der Waals surface area contributed by atoms with Crippen LogP contribution >= 0.6 is 22.9 Å². The summed E-state index contributed by atoms with van der Waals surface area (Å²) in [5.41, 5.74) is 12.2. The van der Waals surface area contributed by atoms with Gasteiger partial charge < -0.3 is 10.5 Å². The lowest BCUT2D eigenvalue weighted by Gasteiger charge is -2.29. The average Bonchev–Trinajstić information content (AvgIpc) is 3.35. The number of halogens is 1. The van der Waals surface area contributed by atoms with E-state index in [1.807, 2.05) is 76.2 Å². The van der Waals surface area contributed by atoms with Crippen LogP contribution in [0.15, 0.2) is 72.9 Å². The number of aromatic nitrogens is 2. The Hall–Kier alpha value is -3.91. The molecule has 2 aromatic heterocycles. The number of pyridine rings is 1. The number of amides is 1. The lowest BCUT2D eigenvalue weighted by Crippen LogP contribution is -2.27. The number of ketones is 1. The Labute approximate surface area is 248 Å². The molecule has 0 aliphatic rings. The van der Waals surface area contributed by atoms with Gasteiger partial charge in [0.05, 0.1) is 21.5 Å². The SMILES string of the molecule is CC(=O)[C@@H](OC(C)(C)C)c1c(C)cc2nc(-c3ccnc(-c4cccc(C(N)=O)c4)c3)sc2c1-c1ccc(Cl)cc1. The smallest absolute Gasteiger partial charge is 0.248 e. The van der Waals surface area contributed by atoms with Gasteiger partial charge in [-0.15, -0.1) is 11.3 Å². The second kappa shape index (κ2) is 11.2. The quantitative estimate of drug-likeness (QED) is 0.208. The second-order valence-electron chi connectivity index (χ2n) is 11.0. The molecule has 208 valence electrons. The maximum absolute atomic E-state index is 13.0. The van der Waals surface area contributed by atoms with Crippen LogP contribution in [0, 0.1) is 6.92 Å². The van der Waals surface area contributed by atoms with Gasteiger partial charge in [0, 0.05) is 39.0 Å². The van der Waals surface area contributed by atoms with Crippen LogP contribution in [-0.4, -0.2) is 27.3 Å². The van der Waals surface area contributed by atoms with Crippen LogP contribution in [0.1, 0.15) is 55.3 Å². The van der Waals surface area contributed by atoms with Crippen molar-refractivity contribution in [1.29, 1.82) is 0 Å². The molecule has 2 N–H and O–H groups in total. The van der Waals surface area contributed by atoms with Crippen molar-refractivity contribution in [3.05, 3.63) is 94.6 Å². The van der Waals surface area contributed by atoms with Gasteiger partial charge in [-0.1, -0.05) is 35.9 Å². The van der Waals surface area contributed by atoms with Crippen molar-refractivity contribution in [1.82, 2.24) is 9.97 Å². The highest BCUT2D eigenvalue weighted by Gasteiger charge is 2.30. The summed E-state index contributed by atoms with van der Waals surface area (Å²) in [5.74, 6) is -0.561. The molecule has 0 aliphatic carbocycles. The van der Waals surface area contributed by atoms with Crippen molar-refractivity contribution in [3.63, 3.8) is 0 Å². The number of Topliss-reactive ketones (excluding diaryl/α,β-unsaturated/α-hetero) is 1. The number of benzene rings is 3. The normalized spacial score (nSPS) is 12.4. The van der Waals surface area contributed by atoms with Crippen LogP contribution in [0.5, 0.6) is 0 Å². The number of nitrogens with zero attached hydrogens (tertiary/aromatic N) is 2. The van der Waals surface area contributed by atoms with Crippen LogP contribution in [0.4, 0.5) is 0 Å². The molecule has 0 spiro atoms. The molecule has 1 atom stereocenters. The third kappa shape index (κ3) is 6.07. The molecule has 5 aromatic rings. The molecule has 0 fully saturated rings. The summed E-state index contributed by atoms with van der Waals surface area (Å²) in [6, 6.07) is 20.6. The molecule has 0 bridgehead atoms. The second-order valence-corrected chi connectivity index (χ2v) is 12.4. The van der Waals surface area contributed by atoms with Gasteiger partial charge in [0.15, 0.2) is 5.78 Å². The number of primary amides is 1.